The van der Waals surface area contributed by atoms with Crippen LogP contribution in [0.3, 0.4) is 0 Å². The number of ether oxygens (including phenoxy) is 9. The molecule has 5 fully saturated rings. The molecule has 25 atom stereocenters. The number of aliphatic hydroxyl groups is 17. The van der Waals surface area contributed by atoms with E-state index in [0.29, 0.717) is 0 Å². The molecular formula is C30H52O26. The second-order valence-electron chi connectivity index (χ2n) is 13.9. The predicted molar refractivity (Wildman–Crippen MR) is 167 cm³/mol. The lowest BCUT2D eigenvalue weighted by Crippen LogP contribution is -2.68. The molecule has 0 bridgehead atoms. The van der Waals surface area contributed by atoms with Gasteiger partial charge >= 0.3 is 0 Å². The fourth-order valence-corrected chi connectivity index (χ4v) is 7.03. The molecular weight excluding hydrogens is 776 g/mol. The van der Waals surface area contributed by atoms with E-state index in [-0.39, 0.29) is 0 Å². The van der Waals surface area contributed by atoms with Crippen LogP contribution in [0.25, 0.3) is 0 Å². The summed E-state index contributed by atoms with van der Waals surface area (Å²) in [5.41, 5.74) is 0. The van der Waals surface area contributed by atoms with Crippen LogP contribution in [0, 0.1) is 0 Å². The average Bonchev–Trinajstić information content (AvgIpc) is 3.19. The molecule has 5 saturated heterocycles. The first kappa shape index (κ1) is 46.0. The summed E-state index contributed by atoms with van der Waals surface area (Å²) in [4.78, 5) is 0. The Bertz CT molecular complexity index is 1200. The molecule has 0 saturated carbocycles. The highest BCUT2D eigenvalue weighted by Crippen LogP contribution is 2.35. The van der Waals surface area contributed by atoms with Crippen molar-refractivity contribution >= 4 is 0 Å². The first-order valence-corrected chi connectivity index (χ1v) is 17.6. The Morgan fingerprint density at radius 1 is 0.268 bits per heavy atom. The molecule has 56 heavy (non-hydrogen) atoms. The minimum Gasteiger partial charge on any atom is -0.394 e. The van der Waals surface area contributed by atoms with Crippen molar-refractivity contribution in [1.82, 2.24) is 0 Å². The molecule has 0 aromatic heterocycles. The van der Waals surface area contributed by atoms with Gasteiger partial charge in [-0.15, -0.1) is 0 Å². The van der Waals surface area contributed by atoms with Crippen LogP contribution in [0.5, 0.6) is 0 Å². The second kappa shape index (κ2) is 19.6. The summed E-state index contributed by atoms with van der Waals surface area (Å²) < 4.78 is 49.1. The van der Waals surface area contributed by atoms with E-state index in [1.165, 1.54) is 0 Å². The summed E-state index contributed by atoms with van der Waals surface area (Å²) in [6, 6.07) is 0. The fraction of sp³-hybridized carbons (Fsp3) is 1.00. The molecule has 0 unspecified atom stereocenters. The van der Waals surface area contributed by atoms with Crippen molar-refractivity contribution in [2.45, 2.75) is 154 Å². The van der Waals surface area contributed by atoms with Crippen molar-refractivity contribution in [2.24, 2.45) is 0 Å². The van der Waals surface area contributed by atoms with Gasteiger partial charge in [-0.05, 0) is 0 Å². The minimum atomic E-state index is -2.12. The Morgan fingerprint density at radius 2 is 0.518 bits per heavy atom. The number of rotatable bonds is 13. The van der Waals surface area contributed by atoms with Crippen molar-refractivity contribution in [2.75, 3.05) is 33.0 Å². The largest absolute Gasteiger partial charge is 0.394 e. The van der Waals surface area contributed by atoms with E-state index in [0.717, 1.165) is 0 Å². The van der Waals surface area contributed by atoms with Crippen molar-refractivity contribution in [3.63, 3.8) is 0 Å². The lowest BCUT2D eigenvalue weighted by Gasteiger charge is -2.49. The van der Waals surface area contributed by atoms with Gasteiger partial charge in [0.2, 0.25) is 0 Å². The van der Waals surface area contributed by atoms with Gasteiger partial charge in [0.05, 0.1) is 33.0 Å². The second-order valence-corrected chi connectivity index (χ2v) is 13.9. The Hall–Kier alpha value is -1.04. The van der Waals surface area contributed by atoms with E-state index in [1.54, 1.807) is 0 Å². The summed E-state index contributed by atoms with van der Waals surface area (Å²) in [5.74, 6) is 0. The zero-order chi connectivity index (χ0) is 41.3. The van der Waals surface area contributed by atoms with E-state index >= 15 is 0 Å². The van der Waals surface area contributed by atoms with Crippen molar-refractivity contribution in [1.29, 1.82) is 0 Å². The van der Waals surface area contributed by atoms with Gasteiger partial charge in [0.15, 0.2) is 31.5 Å². The van der Waals surface area contributed by atoms with Gasteiger partial charge in [0.25, 0.3) is 0 Å². The van der Waals surface area contributed by atoms with E-state index in [9.17, 15) is 86.8 Å². The third kappa shape index (κ3) is 9.16. The van der Waals surface area contributed by atoms with Crippen molar-refractivity contribution in [3.05, 3.63) is 0 Å². The molecule has 5 rings (SSSR count). The van der Waals surface area contributed by atoms with Crippen LogP contribution in [-0.2, 0) is 42.6 Å². The van der Waals surface area contributed by atoms with Crippen molar-refractivity contribution in [3.8, 4) is 0 Å². The number of hydrogen-bond donors (Lipinski definition) is 17. The van der Waals surface area contributed by atoms with Crippen LogP contribution < -0.4 is 0 Å². The SMILES string of the molecule is OC[C@@H]1O[C@H](O)[C@H](O)[C@H](O)[C@@H]1O[C@@H]1O[C@H](CO)[C@H](O[C@@H]2O[C@H](CO)[C@H](O[C@@H]3O[C@H](CO)[C@H](O[C@@H]4O[C@H](CO)[C@@H](O)[C@H](O)[C@@H]4O)[C@H](O)[C@@H]3O)[C@H](O)[C@@H]2O)[C@H](O)[C@H]1O. The summed E-state index contributed by atoms with van der Waals surface area (Å²) >= 11 is 0. The molecule has 0 amide bonds. The van der Waals surface area contributed by atoms with Crippen LogP contribution >= 0.6 is 0 Å². The first-order chi connectivity index (χ1) is 26.5. The number of aliphatic hydroxyl groups excluding tert-OH is 17. The molecule has 5 aliphatic rings. The molecule has 17 N–H and O–H groups in total. The smallest absolute Gasteiger partial charge is 0.187 e. The monoisotopic (exact) mass is 828 g/mol. The van der Waals surface area contributed by atoms with Crippen LogP contribution in [-0.4, -0.2) is 273 Å². The first-order valence-electron chi connectivity index (χ1n) is 17.6. The third-order valence-corrected chi connectivity index (χ3v) is 10.3. The Morgan fingerprint density at radius 3 is 0.821 bits per heavy atom. The molecule has 0 aliphatic carbocycles. The fourth-order valence-electron chi connectivity index (χ4n) is 7.03. The average molecular weight is 829 g/mol. The standard InChI is InChI=1S/C30H52O26/c31-1-6-11(36)12(37)18(43)27(49-6)54-23-8(3-33)51-29(20(45)14(23)39)56-25-10(5-35)52-30(21(46)16(25)41)55-24-9(4-34)50-28(19(44)15(24)40)53-22-7(2-32)48-26(47)17(42)13(22)38/h6-47H,1-5H2/t6-,7+,8-,9-,10-,11-,12+,13+,14-,15-,16-,17-,18+,19-,20+,21+,22-,23+,24+,25+,26+,27+,28+,29+,30+/m1/s1. The minimum absolute atomic E-state index is 0.811. The lowest BCUT2D eigenvalue weighted by atomic mass is 9.95. The maximum absolute atomic E-state index is 11.1. The van der Waals surface area contributed by atoms with Crippen molar-refractivity contribution < 1.29 is 129 Å². The molecule has 0 aromatic carbocycles. The molecule has 26 heteroatoms. The van der Waals surface area contributed by atoms with E-state index < -0.39 is 187 Å². The lowest BCUT2D eigenvalue weighted by molar-refractivity contribution is -0.392. The zero-order valence-electron chi connectivity index (χ0n) is 29.2. The molecule has 0 radical (unpaired) electrons. The Labute approximate surface area is 316 Å². The van der Waals surface area contributed by atoms with Gasteiger partial charge in [-0.2, -0.15) is 0 Å². The topological polar surface area (TPSA) is 427 Å². The highest BCUT2D eigenvalue weighted by atomic mass is 16.8. The molecule has 0 spiro atoms. The highest BCUT2D eigenvalue weighted by Gasteiger charge is 2.56. The Kier molecular flexibility index (Phi) is 16.1. The van der Waals surface area contributed by atoms with Gasteiger partial charge in [-0.3, -0.25) is 0 Å². The van der Waals surface area contributed by atoms with E-state index in [4.69, 9.17) is 42.6 Å². The number of hydrogen-bond acceptors (Lipinski definition) is 26. The summed E-state index contributed by atoms with van der Waals surface area (Å²) in [6.45, 7) is -4.51. The quantitative estimate of drug-likeness (QED) is 0.0819. The Balaban J connectivity index is 1.22. The van der Waals surface area contributed by atoms with Gasteiger partial charge in [-0.1, -0.05) is 0 Å². The van der Waals surface area contributed by atoms with E-state index in [1.807, 2.05) is 0 Å². The van der Waals surface area contributed by atoms with Gasteiger partial charge < -0.3 is 129 Å². The van der Waals surface area contributed by atoms with Gasteiger partial charge in [0, 0.05) is 0 Å². The summed E-state index contributed by atoms with van der Waals surface area (Å²) in [5, 5.41) is 176. The molecule has 5 aliphatic heterocycles. The van der Waals surface area contributed by atoms with Gasteiger partial charge in [0.1, 0.15) is 122 Å². The van der Waals surface area contributed by atoms with Crippen LogP contribution in [0.1, 0.15) is 0 Å². The normalized spacial score (nSPS) is 53.2. The molecule has 5 heterocycles. The zero-order valence-corrected chi connectivity index (χ0v) is 29.2. The highest BCUT2D eigenvalue weighted by molar-refractivity contribution is 4.99. The van der Waals surface area contributed by atoms with E-state index in [2.05, 4.69) is 0 Å². The molecule has 328 valence electrons. The summed E-state index contributed by atoms with van der Waals surface area (Å²) in [6.07, 6.45) is -45.8. The molecule has 26 nitrogen and oxygen atoms in total. The van der Waals surface area contributed by atoms with Gasteiger partial charge in [-0.25, -0.2) is 0 Å². The van der Waals surface area contributed by atoms with Crippen LogP contribution in [0.4, 0.5) is 0 Å². The van der Waals surface area contributed by atoms with Crippen LogP contribution in [0.2, 0.25) is 0 Å². The maximum Gasteiger partial charge on any atom is 0.187 e. The summed E-state index contributed by atoms with van der Waals surface area (Å²) in [7, 11) is 0. The third-order valence-electron chi connectivity index (χ3n) is 10.3. The van der Waals surface area contributed by atoms with Crippen LogP contribution in [0.15, 0.2) is 0 Å². The predicted octanol–water partition coefficient (Wildman–Crippen LogP) is -11.9. The maximum atomic E-state index is 11.1. The molecule has 0 aromatic rings.